The standard InChI is InChI=1S/C54H38N2/c1-2-13-39(14-3-1)40-27-33-46(34-28-40)55(52-24-10-18-43-15-4-7-21-49(43)52)47-35-29-41(30-36-47)42-31-37-48(38-32-42)56(53-25-11-19-44-16-5-8-22-50(44)53)54-26-12-20-45-17-6-9-23-51(45)54/h1-38H. The molecule has 0 aliphatic heterocycles. The van der Waals surface area contributed by atoms with Crippen molar-refractivity contribution in [2.45, 2.75) is 0 Å². The molecule has 0 aliphatic carbocycles. The summed E-state index contributed by atoms with van der Waals surface area (Å²) < 4.78 is 0. The van der Waals surface area contributed by atoms with Gasteiger partial charge in [0.1, 0.15) is 0 Å². The minimum absolute atomic E-state index is 1.10. The summed E-state index contributed by atoms with van der Waals surface area (Å²) >= 11 is 0. The van der Waals surface area contributed by atoms with Gasteiger partial charge in [-0.25, -0.2) is 0 Å². The first-order chi connectivity index (χ1) is 27.8. The molecule has 264 valence electrons. The van der Waals surface area contributed by atoms with Gasteiger partial charge in [-0.15, -0.1) is 0 Å². The molecule has 0 fully saturated rings. The van der Waals surface area contributed by atoms with Gasteiger partial charge in [-0.2, -0.15) is 0 Å². The van der Waals surface area contributed by atoms with E-state index < -0.39 is 0 Å². The summed E-state index contributed by atoms with van der Waals surface area (Å²) in [6.45, 7) is 0. The van der Waals surface area contributed by atoms with Gasteiger partial charge in [-0.1, -0.05) is 176 Å². The van der Waals surface area contributed by atoms with Gasteiger partial charge in [0.25, 0.3) is 0 Å². The summed E-state index contributed by atoms with van der Waals surface area (Å²) in [5.74, 6) is 0. The number of hydrogen-bond acceptors (Lipinski definition) is 2. The van der Waals surface area contributed by atoms with Crippen LogP contribution in [0.1, 0.15) is 0 Å². The van der Waals surface area contributed by atoms with Crippen LogP contribution in [0.2, 0.25) is 0 Å². The molecule has 2 heteroatoms. The molecule has 0 N–H and O–H groups in total. The Morgan fingerprint density at radius 1 is 0.196 bits per heavy atom. The highest BCUT2D eigenvalue weighted by Gasteiger charge is 2.19. The first-order valence-corrected chi connectivity index (χ1v) is 19.2. The molecule has 0 unspecified atom stereocenters. The second-order valence-corrected chi connectivity index (χ2v) is 14.2. The fraction of sp³-hybridized carbons (Fsp3) is 0. The molecule has 0 radical (unpaired) electrons. The van der Waals surface area contributed by atoms with Crippen molar-refractivity contribution in [3.05, 3.63) is 231 Å². The molecular weight excluding hydrogens is 677 g/mol. The Kier molecular flexibility index (Phi) is 8.55. The second kappa shape index (κ2) is 14.4. The summed E-state index contributed by atoms with van der Waals surface area (Å²) in [6.07, 6.45) is 0. The molecule has 0 aromatic heterocycles. The highest BCUT2D eigenvalue weighted by molar-refractivity contribution is 6.05. The van der Waals surface area contributed by atoms with Crippen LogP contribution in [0.5, 0.6) is 0 Å². The van der Waals surface area contributed by atoms with Crippen LogP contribution in [0, 0.1) is 0 Å². The zero-order chi connectivity index (χ0) is 37.3. The summed E-state index contributed by atoms with van der Waals surface area (Å²) in [6, 6.07) is 83.1. The van der Waals surface area contributed by atoms with Crippen LogP contribution in [-0.2, 0) is 0 Å². The van der Waals surface area contributed by atoms with Crippen LogP contribution in [-0.4, -0.2) is 0 Å². The van der Waals surface area contributed by atoms with Crippen LogP contribution < -0.4 is 9.80 Å². The summed E-state index contributed by atoms with van der Waals surface area (Å²) in [7, 11) is 0. The molecule has 10 aromatic carbocycles. The van der Waals surface area contributed by atoms with Gasteiger partial charge in [0.2, 0.25) is 0 Å². The third-order valence-corrected chi connectivity index (χ3v) is 10.8. The Balaban J connectivity index is 1.03. The number of nitrogens with zero attached hydrogens (tertiary/aromatic N) is 2. The van der Waals surface area contributed by atoms with Crippen LogP contribution in [0.3, 0.4) is 0 Å². The fourth-order valence-corrected chi connectivity index (χ4v) is 8.08. The Morgan fingerprint density at radius 3 is 0.875 bits per heavy atom. The fourth-order valence-electron chi connectivity index (χ4n) is 8.08. The van der Waals surface area contributed by atoms with Crippen LogP contribution >= 0.6 is 0 Å². The first-order valence-electron chi connectivity index (χ1n) is 19.2. The quantitative estimate of drug-likeness (QED) is 0.155. The minimum atomic E-state index is 1.10. The molecule has 0 bridgehead atoms. The van der Waals surface area contributed by atoms with E-state index in [2.05, 4.69) is 240 Å². The van der Waals surface area contributed by atoms with E-state index >= 15 is 0 Å². The molecule has 56 heavy (non-hydrogen) atoms. The van der Waals surface area contributed by atoms with E-state index in [4.69, 9.17) is 0 Å². The number of anilines is 6. The van der Waals surface area contributed by atoms with Crippen molar-refractivity contribution >= 4 is 66.4 Å². The highest BCUT2D eigenvalue weighted by atomic mass is 15.1. The van der Waals surface area contributed by atoms with Gasteiger partial charge in [0, 0.05) is 33.2 Å². The molecule has 0 saturated carbocycles. The third-order valence-electron chi connectivity index (χ3n) is 10.8. The molecule has 0 spiro atoms. The maximum Gasteiger partial charge on any atom is 0.0540 e. The zero-order valence-corrected chi connectivity index (χ0v) is 30.8. The molecule has 0 amide bonds. The van der Waals surface area contributed by atoms with Gasteiger partial charge >= 0.3 is 0 Å². The van der Waals surface area contributed by atoms with Gasteiger partial charge in [0.15, 0.2) is 0 Å². The molecule has 0 heterocycles. The van der Waals surface area contributed by atoms with Crippen molar-refractivity contribution in [1.82, 2.24) is 0 Å². The monoisotopic (exact) mass is 714 g/mol. The number of fused-ring (bicyclic) bond motifs is 3. The Hall–Kier alpha value is -7.42. The molecule has 2 nitrogen and oxygen atoms in total. The lowest BCUT2D eigenvalue weighted by atomic mass is 10.0. The minimum Gasteiger partial charge on any atom is -0.310 e. The largest absolute Gasteiger partial charge is 0.310 e. The van der Waals surface area contributed by atoms with Gasteiger partial charge in [-0.05, 0) is 93.0 Å². The van der Waals surface area contributed by atoms with Crippen molar-refractivity contribution in [3.63, 3.8) is 0 Å². The molecular formula is C54H38N2. The van der Waals surface area contributed by atoms with E-state index in [1.165, 1.54) is 54.6 Å². The summed E-state index contributed by atoms with van der Waals surface area (Å²) in [5.41, 5.74) is 11.5. The van der Waals surface area contributed by atoms with Crippen molar-refractivity contribution in [3.8, 4) is 22.3 Å². The SMILES string of the molecule is c1ccc(-c2ccc(N(c3ccc(-c4ccc(N(c5cccc6ccccc56)c5cccc6ccccc56)cc4)cc3)c3cccc4ccccc34)cc2)cc1. The lowest BCUT2D eigenvalue weighted by Gasteiger charge is -2.28. The number of benzene rings is 10. The Morgan fingerprint density at radius 2 is 0.482 bits per heavy atom. The average molecular weight is 715 g/mol. The third kappa shape index (κ3) is 6.14. The average Bonchev–Trinajstić information content (AvgIpc) is 3.28. The second-order valence-electron chi connectivity index (χ2n) is 14.2. The van der Waals surface area contributed by atoms with Gasteiger partial charge in [0.05, 0.1) is 17.1 Å². The maximum atomic E-state index is 2.41. The van der Waals surface area contributed by atoms with E-state index in [-0.39, 0.29) is 0 Å². The lowest BCUT2D eigenvalue weighted by Crippen LogP contribution is -2.11. The highest BCUT2D eigenvalue weighted by Crippen LogP contribution is 2.43. The predicted molar refractivity (Wildman–Crippen MR) is 239 cm³/mol. The molecule has 0 saturated heterocycles. The molecule has 10 aromatic rings. The van der Waals surface area contributed by atoms with Crippen molar-refractivity contribution < 1.29 is 0 Å². The molecule has 0 aliphatic rings. The van der Waals surface area contributed by atoms with E-state index in [0.29, 0.717) is 0 Å². The van der Waals surface area contributed by atoms with Gasteiger partial charge in [-0.3, -0.25) is 0 Å². The molecule has 10 rings (SSSR count). The summed E-state index contributed by atoms with van der Waals surface area (Å²) in [5, 5.41) is 7.30. The van der Waals surface area contributed by atoms with Crippen molar-refractivity contribution in [2.24, 2.45) is 0 Å². The lowest BCUT2D eigenvalue weighted by molar-refractivity contribution is 1.30. The Labute approximate surface area is 327 Å². The van der Waals surface area contributed by atoms with E-state index in [0.717, 1.165) is 34.1 Å². The van der Waals surface area contributed by atoms with Crippen molar-refractivity contribution in [1.29, 1.82) is 0 Å². The summed E-state index contributed by atoms with van der Waals surface area (Å²) in [4.78, 5) is 4.78. The number of rotatable bonds is 8. The van der Waals surface area contributed by atoms with E-state index in [1.807, 2.05) is 0 Å². The topological polar surface area (TPSA) is 6.48 Å². The van der Waals surface area contributed by atoms with Crippen LogP contribution in [0.25, 0.3) is 54.6 Å². The van der Waals surface area contributed by atoms with E-state index in [9.17, 15) is 0 Å². The molecule has 0 atom stereocenters. The normalized spacial score (nSPS) is 11.2. The van der Waals surface area contributed by atoms with Crippen molar-refractivity contribution in [2.75, 3.05) is 9.80 Å². The van der Waals surface area contributed by atoms with Crippen LogP contribution in [0.4, 0.5) is 34.1 Å². The number of hydrogen-bond donors (Lipinski definition) is 0. The predicted octanol–water partition coefficient (Wildman–Crippen LogP) is 15.4. The van der Waals surface area contributed by atoms with Crippen LogP contribution in [0.15, 0.2) is 231 Å². The maximum absolute atomic E-state index is 2.41. The zero-order valence-electron chi connectivity index (χ0n) is 30.8. The first kappa shape index (κ1) is 33.2. The van der Waals surface area contributed by atoms with E-state index in [1.54, 1.807) is 0 Å². The van der Waals surface area contributed by atoms with Gasteiger partial charge < -0.3 is 9.80 Å². The Bertz CT molecular complexity index is 2850. The smallest absolute Gasteiger partial charge is 0.0540 e.